The number of carbonyl (C=O) groups excluding carboxylic acids is 1. The summed E-state index contributed by atoms with van der Waals surface area (Å²) in [7, 11) is 0. The topological polar surface area (TPSA) is 41.6 Å². The van der Waals surface area contributed by atoms with Crippen LogP contribution in [-0.4, -0.2) is 42.6 Å². The number of rotatable bonds is 5. The van der Waals surface area contributed by atoms with Gasteiger partial charge in [0.1, 0.15) is 0 Å². The van der Waals surface area contributed by atoms with E-state index in [2.05, 4.69) is 27.0 Å². The molecule has 0 bridgehead atoms. The fourth-order valence-electron chi connectivity index (χ4n) is 3.77. The van der Waals surface area contributed by atoms with Crippen molar-refractivity contribution in [3.05, 3.63) is 22.4 Å². The summed E-state index contributed by atoms with van der Waals surface area (Å²) in [5.41, 5.74) is 1.38. The minimum atomic E-state index is 0.136. The molecule has 3 fully saturated rings. The first kappa shape index (κ1) is 14.7. The number of nitrogens with zero attached hydrogens (tertiary/aromatic N) is 1. The molecule has 4 rings (SSSR count). The molecule has 1 aliphatic heterocycles. The number of carbonyl (C=O) groups is 1. The zero-order valence-electron chi connectivity index (χ0n) is 12.9. The number of fused-ring (bicyclic) bond motifs is 1. The average Bonchev–Trinajstić information content (AvgIpc) is 3.02. The van der Waals surface area contributed by atoms with Gasteiger partial charge in [-0.2, -0.15) is 11.3 Å². The molecule has 1 amide bonds. The first-order valence-electron chi connectivity index (χ1n) is 8.44. The molecule has 22 heavy (non-hydrogen) atoms. The zero-order chi connectivity index (χ0) is 14.9. The monoisotopic (exact) mass is 320 g/mol. The maximum Gasteiger partial charge on any atom is 0.223 e. The van der Waals surface area contributed by atoms with Gasteiger partial charge in [0.25, 0.3) is 0 Å². The van der Waals surface area contributed by atoms with Crippen LogP contribution in [0.5, 0.6) is 0 Å². The van der Waals surface area contributed by atoms with Gasteiger partial charge in [0.2, 0.25) is 5.91 Å². The van der Waals surface area contributed by atoms with Crippen molar-refractivity contribution in [3.63, 3.8) is 0 Å². The van der Waals surface area contributed by atoms with E-state index >= 15 is 0 Å². The summed E-state index contributed by atoms with van der Waals surface area (Å²) in [6.45, 7) is 3.64. The third kappa shape index (κ3) is 3.21. The van der Waals surface area contributed by atoms with Crippen LogP contribution in [0.2, 0.25) is 0 Å². The summed E-state index contributed by atoms with van der Waals surface area (Å²) < 4.78 is 5.95. The summed E-state index contributed by atoms with van der Waals surface area (Å²) in [5.74, 6) is 1.14. The van der Waals surface area contributed by atoms with Gasteiger partial charge in [-0.3, -0.25) is 9.69 Å². The maximum atomic E-state index is 12.4. The van der Waals surface area contributed by atoms with Crippen molar-refractivity contribution in [2.45, 2.75) is 44.4 Å². The van der Waals surface area contributed by atoms with Gasteiger partial charge in [0.15, 0.2) is 0 Å². The lowest BCUT2D eigenvalue weighted by Gasteiger charge is -2.37. The third-order valence-corrected chi connectivity index (χ3v) is 5.98. The number of hydrogen-bond donors (Lipinski definition) is 1. The molecule has 0 radical (unpaired) electrons. The summed E-state index contributed by atoms with van der Waals surface area (Å²) in [6, 6.07) is 2.61. The second-order valence-electron chi connectivity index (χ2n) is 6.94. The van der Waals surface area contributed by atoms with Crippen LogP contribution in [-0.2, 0) is 16.1 Å². The van der Waals surface area contributed by atoms with E-state index in [-0.39, 0.29) is 17.9 Å². The van der Waals surface area contributed by atoms with E-state index in [1.807, 2.05) is 0 Å². The lowest BCUT2D eigenvalue weighted by Crippen LogP contribution is -2.47. The maximum absolute atomic E-state index is 12.4. The van der Waals surface area contributed by atoms with Gasteiger partial charge in [-0.1, -0.05) is 0 Å². The number of ether oxygens (including phenoxy) is 1. The first-order valence-corrected chi connectivity index (χ1v) is 9.38. The fraction of sp³-hybridized carbons (Fsp3) is 0.706. The molecule has 0 spiro atoms. The van der Waals surface area contributed by atoms with Crippen LogP contribution in [0.25, 0.3) is 0 Å². The van der Waals surface area contributed by atoms with Crippen molar-refractivity contribution in [1.82, 2.24) is 10.2 Å². The Morgan fingerprint density at radius 2 is 2.32 bits per heavy atom. The summed E-state index contributed by atoms with van der Waals surface area (Å²) in [4.78, 5) is 14.9. The molecule has 3 aliphatic rings. The first-order chi connectivity index (χ1) is 10.8. The number of thiophene rings is 1. The molecule has 1 aromatic heterocycles. The van der Waals surface area contributed by atoms with Crippen LogP contribution in [0.15, 0.2) is 16.8 Å². The minimum Gasteiger partial charge on any atom is -0.375 e. The quantitative estimate of drug-likeness (QED) is 0.905. The molecular formula is C17H24N2O2S. The van der Waals surface area contributed by atoms with Gasteiger partial charge in [-0.15, -0.1) is 0 Å². The summed E-state index contributed by atoms with van der Waals surface area (Å²) >= 11 is 1.75. The van der Waals surface area contributed by atoms with E-state index in [4.69, 9.17) is 4.74 Å². The van der Waals surface area contributed by atoms with Crippen molar-refractivity contribution < 1.29 is 9.53 Å². The van der Waals surface area contributed by atoms with E-state index < -0.39 is 0 Å². The van der Waals surface area contributed by atoms with E-state index in [0.717, 1.165) is 45.0 Å². The smallest absolute Gasteiger partial charge is 0.223 e. The van der Waals surface area contributed by atoms with Crippen molar-refractivity contribution in [2.75, 3.05) is 19.7 Å². The van der Waals surface area contributed by atoms with E-state index in [1.54, 1.807) is 11.3 Å². The van der Waals surface area contributed by atoms with Crippen molar-refractivity contribution in [1.29, 1.82) is 0 Å². The number of morpholine rings is 1. The second kappa shape index (κ2) is 6.30. The number of amides is 1. The van der Waals surface area contributed by atoms with Crippen LogP contribution in [0.3, 0.4) is 0 Å². The Bertz CT molecular complexity index is 515. The highest BCUT2D eigenvalue weighted by Crippen LogP contribution is 2.35. The number of hydrogen-bond acceptors (Lipinski definition) is 4. The van der Waals surface area contributed by atoms with Crippen LogP contribution < -0.4 is 5.32 Å². The third-order valence-electron chi connectivity index (χ3n) is 5.25. The molecule has 4 nitrogen and oxygen atoms in total. The molecule has 0 aromatic carbocycles. The summed E-state index contributed by atoms with van der Waals surface area (Å²) in [5, 5.41) is 7.50. The van der Waals surface area contributed by atoms with Crippen molar-refractivity contribution in [3.8, 4) is 0 Å². The van der Waals surface area contributed by atoms with Gasteiger partial charge in [-0.05, 0) is 54.0 Å². The fourth-order valence-corrected chi connectivity index (χ4v) is 4.43. The van der Waals surface area contributed by atoms with Crippen LogP contribution in [0.4, 0.5) is 0 Å². The normalized spacial score (nSPS) is 31.9. The van der Waals surface area contributed by atoms with Gasteiger partial charge in [0, 0.05) is 31.6 Å². The van der Waals surface area contributed by atoms with Gasteiger partial charge >= 0.3 is 0 Å². The molecular weight excluding hydrogens is 296 g/mol. The molecule has 2 aliphatic carbocycles. The average molecular weight is 320 g/mol. The Morgan fingerprint density at radius 3 is 3.09 bits per heavy atom. The van der Waals surface area contributed by atoms with E-state index in [0.29, 0.717) is 6.04 Å². The Labute approximate surface area is 135 Å². The van der Waals surface area contributed by atoms with Gasteiger partial charge in [-0.25, -0.2) is 0 Å². The summed E-state index contributed by atoms with van der Waals surface area (Å²) in [6.07, 6.45) is 4.65. The van der Waals surface area contributed by atoms with Crippen LogP contribution in [0, 0.1) is 11.8 Å². The Balaban J connectivity index is 1.36. The predicted molar refractivity (Wildman–Crippen MR) is 86.7 cm³/mol. The minimum absolute atomic E-state index is 0.136. The zero-order valence-corrected chi connectivity index (χ0v) is 13.7. The van der Waals surface area contributed by atoms with Crippen LogP contribution >= 0.6 is 11.3 Å². The largest absolute Gasteiger partial charge is 0.375 e. The van der Waals surface area contributed by atoms with Crippen LogP contribution in [0.1, 0.15) is 31.2 Å². The Morgan fingerprint density at radius 1 is 1.41 bits per heavy atom. The standard InChI is InChI=1S/C17H24N2O2S/c20-17(18-9-12-1-2-12)14-7-15-16(8-14)21-5-4-19(15)10-13-3-6-22-11-13/h3,6,11-12,14-16H,1-2,4-5,7-10H2,(H,18,20)/t14-,15+,16+/m0/s1. The predicted octanol–water partition coefficient (Wildman–Crippen LogP) is 2.25. The molecule has 1 aromatic rings. The molecule has 120 valence electrons. The van der Waals surface area contributed by atoms with Crippen molar-refractivity contribution >= 4 is 17.2 Å². The molecule has 2 heterocycles. The lowest BCUT2D eigenvalue weighted by molar-refractivity contribution is -0.125. The molecule has 5 heteroatoms. The molecule has 1 N–H and O–H groups in total. The molecule has 3 atom stereocenters. The Hall–Kier alpha value is -0.910. The number of nitrogens with one attached hydrogen (secondary N) is 1. The Kier molecular flexibility index (Phi) is 4.20. The van der Waals surface area contributed by atoms with Crippen molar-refractivity contribution in [2.24, 2.45) is 11.8 Å². The van der Waals surface area contributed by atoms with Gasteiger partial charge in [0.05, 0.1) is 12.7 Å². The second-order valence-corrected chi connectivity index (χ2v) is 7.72. The highest BCUT2D eigenvalue weighted by molar-refractivity contribution is 7.07. The SMILES string of the molecule is O=C(NCC1CC1)[C@H]1C[C@@H]2[C@@H](C1)OCCN2Cc1ccsc1. The highest BCUT2D eigenvalue weighted by Gasteiger charge is 2.43. The molecule has 0 unspecified atom stereocenters. The lowest BCUT2D eigenvalue weighted by atomic mass is 10.1. The molecule has 2 saturated carbocycles. The highest BCUT2D eigenvalue weighted by atomic mass is 32.1. The van der Waals surface area contributed by atoms with E-state index in [9.17, 15) is 4.79 Å². The van der Waals surface area contributed by atoms with E-state index in [1.165, 1.54) is 18.4 Å². The van der Waals surface area contributed by atoms with Gasteiger partial charge < -0.3 is 10.1 Å². The molecule has 1 saturated heterocycles.